The Hall–Kier alpha value is -2.89. The van der Waals surface area contributed by atoms with Crippen LogP contribution in [0.2, 0.25) is 0 Å². The number of carbonyl (C=O) groups excluding carboxylic acids is 2. The molecule has 1 aliphatic heterocycles. The predicted octanol–water partition coefficient (Wildman–Crippen LogP) is 0.868. The first-order chi connectivity index (χ1) is 13.0. The van der Waals surface area contributed by atoms with Gasteiger partial charge in [-0.1, -0.05) is 0 Å². The molecule has 1 aromatic rings. The van der Waals surface area contributed by atoms with E-state index in [2.05, 4.69) is 10.2 Å². The number of morpholine rings is 1. The Morgan fingerprint density at radius 1 is 1.33 bits per heavy atom. The normalized spacial score (nSPS) is 15.0. The minimum atomic E-state index is -0.671. The lowest BCUT2D eigenvalue weighted by molar-refractivity contribution is -0.123. The topological polar surface area (TPSA) is 112 Å². The zero-order valence-electron chi connectivity index (χ0n) is 15.5. The van der Waals surface area contributed by atoms with Crippen molar-refractivity contribution in [1.82, 2.24) is 10.2 Å². The molecule has 1 saturated heterocycles. The zero-order chi connectivity index (χ0) is 19.6. The molecule has 0 spiro atoms. The molecule has 0 radical (unpaired) electrons. The molecule has 3 N–H and O–H groups in total. The van der Waals surface area contributed by atoms with Gasteiger partial charge >= 0.3 is 0 Å². The number of hydrogen-bond donors (Lipinski definition) is 2. The third kappa shape index (κ3) is 6.09. The number of benzene rings is 1. The van der Waals surface area contributed by atoms with Crippen LogP contribution >= 0.6 is 0 Å². The van der Waals surface area contributed by atoms with Gasteiger partial charge < -0.3 is 15.8 Å². The minimum absolute atomic E-state index is 0.131. The van der Waals surface area contributed by atoms with Gasteiger partial charge in [0.05, 0.1) is 18.9 Å². The number of ether oxygens (including phenoxy) is 1. The van der Waals surface area contributed by atoms with Gasteiger partial charge in [-0.3, -0.25) is 14.5 Å². The average Bonchev–Trinajstić information content (AvgIpc) is 2.67. The first-order valence-electron chi connectivity index (χ1n) is 8.87. The zero-order valence-corrected chi connectivity index (χ0v) is 15.5. The summed E-state index contributed by atoms with van der Waals surface area (Å²) in [6, 6.07) is 8.19. The number of rotatable bonds is 7. The number of nitrogens with zero attached hydrogens (tertiary/aromatic N) is 3. The summed E-state index contributed by atoms with van der Waals surface area (Å²) >= 11 is 0. The molecule has 2 amide bonds. The van der Waals surface area contributed by atoms with Gasteiger partial charge in [0.1, 0.15) is 11.6 Å². The summed E-state index contributed by atoms with van der Waals surface area (Å²) in [5, 5.41) is 12.3. The molecule has 0 atom stereocenters. The molecule has 27 heavy (non-hydrogen) atoms. The van der Waals surface area contributed by atoms with E-state index >= 15 is 0 Å². The highest BCUT2D eigenvalue weighted by molar-refractivity contribution is 6.21. The van der Waals surface area contributed by atoms with Gasteiger partial charge in [-0.05, 0) is 37.2 Å². The van der Waals surface area contributed by atoms with Crippen LogP contribution in [0, 0.1) is 11.3 Å². The Labute approximate surface area is 159 Å². The third-order valence-electron chi connectivity index (χ3n) is 4.17. The number of anilines is 2. The van der Waals surface area contributed by atoms with Crippen molar-refractivity contribution in [2.45, 2.75) is 13.3 Å². The molecular weight excluding hydrogens is 346 g/mol. The Morgan fingerprint density at radius 2 is 2.00 bits per heavy atom. The molecule has 1 fully saturated rings. The van der Waals surface area contributed by atoms with E-state index in [4.69, 9.17) is 10.5 Å². The summed E-state index contributed by atoms with van der Waals surface area (Å²) < 4.78 is 5.30. The van der Waals surface area contributed by atoms with Crippen molar-refractivity contribution in [1.29, 1.82) is 5.26 Å². The molecule has 0 aliphatic carbocycles. The van der Waals surface area contributed by atoms with Crippen molar-refractivity contribution < 1.29 is 14.3 Å². The van der Waals surface area contributed by atoms with Crippen LogP contribution in [0.25, 0.3) is 0 Å². The summed E-state index contributed by atoms with van der Waals surface area (Å²) in [5.74, 6) is -1.14. The first kappa shape index (κ1) is 20.4. The van der Waals surface area contributed by atoms with Crippen LogP contribution in [-0.2, 0) is 14.3 Å². The minimum Gasteiger partial charge on any atom is -0.399 e. The quantitative estimate of drug-likeness (QED) is 0.316. The van der Waals surface area contributed by atoms with E-state index in [1.165, 1.54) is 13.1 Å². The van der Waals surface area contributed by atoms with Crippen LogP contribution < -0.4 is 16.0 Å². The van der Waals surface area contributed by atoms with Crippen molar-refractivity contribution in [2.24, 2.45) is 0 Å². The summed E-state index contributed by atoms with van der Waals surface area (Å²) in [6.45, 7) is 6.18. The van der Waals surface area contributed by atoms with Crippen molar-refractivity contribution in [3.05, 3.63) is 36.0 Å². The summed E-state index contributed by atoms with van der Waals surface area (Å²) in [6.07, 6.45) is 2.24. The van der Waals surface area contributed by atoms with Gasteiger partial charge in [0.25, 0.3) is 5.91 Å². The largest absolute Gasteiger partial charge is 0.399 e. The van der Waals surface area contributed by atoms with Gasteiger partial charge in [-0.25, -0.2) is 4.90 Å². The maximum Gasteiger partial charge on any atom is 0.277 e. The van der Waals surface area contributed by atoms with E-state index in [0.29, 0.717) is 17.9 Å². The molecule has 1 aliphatic rings. The fourth-order valence-corrected chi connectivity index (χ4v) is 2.73. The van der Waals surface area contributed by atoms with E-state index in [-0.39, 0.29) is 5.57 Å². The summed E-state index contributed by atoms with van der Waals surface area (Å²) in [4.78, 5) is 27.8. The second kappa shape index (κ2) is 10.3. The highest BCUT2D eigenvalue weighted by atomic mass is 16.5. The van der Waals surface area contributed by atoms with Crippen molar-refractivity contribution in [3.63, 3.8) is 0 Å². The highest BCUT2D eigenvalue weighted by Gasteiger charge is 2.23. The highest BCUT2D eigenvalue weighted by Crippen LogP contribution is 2.18. The monoisotopic (exact) mass is 371 g/mol. The third-order valence-corrected chi connectivity index (χ3v) is 4.17. The molecule has 1 aromatic carbocycles. The van der Waals surface area contributed by atoms with E-state index in [1.54, 1.807) is 24.3 Å². The molecule has 0 unspecified atom stereocenters. The van der Waals surface area contributed by atoms with Crippen molar-refractivity contribution in [2.75, 3.05) is 50.0 Å². The van der Waals surface area contributed by atoms with E-state index in [1.807, 2.05) is 6.07 Å². The number of nitrogens with one attached hydrogen (secondary N) is 1. The van der Waals surface area contributed by atoms with Gasteiger partial charge in [0.15, 0.2) is 0 Å². The van der Waals surface area contributed by atoms with Crippen LogP contribution in [0.15, 0.2) is 36.0 Å². The Balaban J connectivity index is 1.93. The molecule has 8 heteroatoms. The predicted molar refractivity (Wildman–Crippen MR) is 103 cm³/mol. The Morgan fingerprint density at radius 3 is 2.59 bits per heavy atom. The number of imide groups is 1. The van der Waals surface area contributed by atoms with Crippen molar-refractivity contribution >= 4 is 23.2 Å². The van der Waals surface area contributed by atoms with Gasteiger partial charge in [-0.2, -0.15) is 5.26 Å². The number of carbonyl (C=O) groups is 2. The lowest BCUT2D eigenvalue weighted by Crippen LogP contribution is -2.37. The van der Waals surface area contributed by atoms with Crippen LogP contribution in [0.1, 0.15) is 13.3 Å². The summed E-state index contributed by atoms with van der Waals surface area (Å²) in [5.41, 5.74) is 6.40. The number of hydrogen-bond acceptors (Lipinski definition) is 7. The SMILES string of the molecule is CC(=O)N(C(=O)/C(C#N)=C\NCCCN1CCOCC1)c1ccc(N)cc1. The van der Waals surface area contributed by atoms with Crippen molar-refractivity contribution in [3.8, 4) is 6.07 Å². The van der Waals surface area contributed by atoms with Gasteiger partial charge in [0.2, 0.25) is 5.91 Å². The molecule has 0 bridgehead atoms. The molecule has 0 aromatic heterocycles. The number of nitrogens with two attached hydrogens (primary N) is 1. The average molecular weight is 371 g/mol. The van der Waals surface area contributed by atoms with E-state index in [9.17, 15) is 14.9 Å². The number of nitrogen functional groups attached to an aromatic ring is 1. The van der Waals surface area contributed by atoms with Crippen LogP contribution in [0.3, 0.4) is 0 Å². The maximum absolute atomic E-state index is 12.6. The molecule has 144 valence electrons. The van der Waals surface area contributed by atoms with Crippen LogP contribution in [0.4, 0.5) is 11.4 Å². The lowest BCUT2D eigenvalue weighted by Gasteiger charge is -2.26. The lowest BCUT2D eigenvalue weighted by atomic mass is 10.2. The Kier molecular flexibility index (Phi) is 7.79. The summed E-state index contributed by atoms with van der Waals surface area (Å²) in [7, 11) is 0. The number of amides is 2. The Bertz CT molecular complexity index is 718. The molecule has 1 heterocycles. The maximum atomic E-state index is 12.6. The molecule has 8 nitrogen and oxygen atoms in total. The van der Waals surface area contributed by atoms with E-state index < -0.39 is 11.8 Å². The van der Waals surface area contributed by atoms with Gasteiger partial charge in [0, 0.05) is 38.4 Å². The number of nitriles is 1. The fourth-order valence-electron chi connectivity index (χ4n) is 2.73. The van der Waals surface area contributed by atoms with Crippen LogP contribution in [0.5, 0.6) is 0 Å². The fraction of sp³-hybridized carbons (Fsp3) is 0.421. The van der Waals surface area contributed by atoms with E-state index in [0.717, 1.165) is 44.2 Å². The van der Waals surface area contributed by atoms with Gasteiger partial charge in [-0.15, -0.1) is 0 Å². The molecular formula is C19H25N5O3. The first-order valence-corrected chi connectivity index (χ1v) is 8.87. The second-order valence-electron chi connectivity index (χ2n) is 6.18. The second-order valence-corrected chi connectivity index (χ2v) is 6.18. The smallest absolute Gasteiger partial charge is 0.277 e. The molecule has 2 rings (SSSR count). The molecule has 0 saturated carbocycles. The van der Waals surface area contributed by atoms with Crippen LogP contribution in [-0.4, -0.2) is 56.1 Å². The standard InChI is InChI=1S/C19H25N5O3/c1-15(25)24(18-5-3-17(21)4-6-18)19(26)16(13-20)14-22-7-2-8-23-9-11-27-12-10-23/h3-6,14,22H,2,7-12,21H2,1H3/b16-14-.